The second-order valence-corrected chi connectivity index (χ2v) is 5.38. The molecule has 1 aliphatic carbocycles. The maximum absolute atomic E-state index is 8.87. The van der Waals surface area contributed by atoms with E-state index in [9.17, 15) is 0 Å². The topological polar surface area (TPSA) is 29.5 Å². The van der Waals surface area contributed by atoms with E-state index in [1.54, 1.807) is 0 Å². The van der Waals surface area contributed by atoms with Crippen molar-refractivity contribution in [2.75, 3.05) is 0 Å². The molecule has 0 bridgehead atoms. The molecule has 0 saturated heterocycles. The summed E-state index contributed by atoms with van der Waals surface area (Å²) >= 11 is 0. The zero-order valence-corrected chi connectivity index (χ0v) is 9.05. The molecule has 2 heteroatoms. The summed E-state index contributed by atoms with van der Waals surface area (Å²) in [6, 6.07) is 0. The van der Waals surface area contributed by atoms with E-state index in [0.29, 0.717) is 0 Å². The number of hydrogen-bond donors (Lipinski definition) is 1. The van der Waals surface area contributed by atoms with Crippen LogP contribution in [0.3, 0.4) is 0 Å². The molecule has 0 aromatic heterocycles. The maximum Gasteiger partial charge on any atom is 0.119 e. The van der Waals surface area contributed by atoms with Gasteiger partial charge in [-0.05, 0) is 29.2 Å². The molecule has 1 unspecified atom stereocenters. The van der Waals surface area contributed by atoms with E-state index >= 15 is 0 Å². The second kappa shape index (κ2) is 3.10. The van der Waals surface area contributed by atoms with Crippen LogP contribution in [0.15, 0.2) is 12.2 Å². The summed E-state index contributed by atoms with van der Waals surface area (Å²) in [6.45, 7) is 12.5. The van der Waals surface area contributed by atoms with Crippen LogP contribution in [-0.2, 0) is 4.89 Å². The summed E-state index contributed by atoms with van der Waals surface area (Å²) in [5.74, 6) is 0. The molecule has 0 aromatic rings. The van der Waals surface area contributed by atoms with Crippen molar-refractivity contribution < 1.29 is 10.1 Å². The third kappa shape index (κ3) is 1.79. The summed E-state index contributed by atoms with van der Waals surface area (Å²) < 4.78 is 0. The third-order valence-electron chi connectivity index (χ3n) is 3.40. The van der Waals surface area contributed by atoms with E-state index in [0.717, 1.165) is 18.4 Å². The van der Waals surface area contributed by atoms with Gasteiger partial charge in [-0.15, -0.1) is 0 Å². The minimum atomic E-state index is -0.226. The SMILES string of the molecule is C=C1C(OO)C(C)(C)CCC1(C)C. The normalized spacial score (nSPS) is 31.8. The average molecular weight is 184 g/mol. The number of hydrogen-bond acceptors (Lipinski definition) is 2. The van der Waals surface area contributed by atoms with Gasteiger partial charge in [-0.2, -0.15) is 0 Å². The summed E-state index contributed by atoms with van der Waals surface area (Å²) in [4.78, 5) is 4.55. The highest BCUT2D eigenvalue weighted by atomic mass is 17.1. The average Bonchev–Trinajstić information content (AvgIpc) is 2.00. The largest absolute Gasteiger partial charge is 0.251 e. The maximum atomic E-state index is 8.87. The highest BCUT2D eigenvalue weighted by Crippen LogP contribution is 2.48. The van der Waals surface area contributed by atoms with Crippen LogP contribution in [0.1, 0.15) is 40.5 Å². The van der Waals surface area contributed by atoms with E-state index in [-0.39, 0.29) is 16.9 Å². The fourth-order valence-electron chi connectivity index (χ4n) is 1.96. The zero-order valence-electron chi connectivity index (χ0n) is 9.05. The van der Waals surface area contributed by atoms with Crippen LogP contribution < -0.4 is 0 Å². The lowest BCUT2D eigenvalue weighted by Crippen LogP contribution is -2.43. The summed E-state index contributed by atoms with van der Waals surface area (Å²) in [5.41, 5.74) is 1.09. The molecule has 1 rings (SSSR count). The minimum Gasteiger partial charge on any atom is -0.251 e. The van der Waals surface area contributed by atoms with Gasteiger partial charge in [-0.3, -0.25) is 5.26 Å². The first-order chi connectivity index (χ1) is 5.81. The zero-order chi connectivity index (χ0) is 10.3. The van der Waals surface area contributed by atoms with Crippen LogP contribution in [-0.4, -0.2) is 11.4 Å². The monoisotopic (exact) mass is 184 g/mol. The van der Waals surface area contributed by atoms with Crippen molar-refractivity contribution in [3.8, 4) is 0 Å². The van der Waals surface area contributed by atoms with Crippen LogP contribution >= 0.6 is 0 Å². The highest BCUT2D eigenvalue weighted by Gasteiger charge is 2.43. The summed E-state index contributed by atoms with van der Waals surface area (Å²) in [7, 11) is 0. The van der Waals surface area contributed by atoms with Gasteiger partial charge < -0.3 is 0 Å². The van der Waals surface area contributed by atoms with Crippen LogP contribution in [0.5, 0.6) is 0 Å². The van der Waals surface area contributed by atoms with Crippen LogP contribution in [0.2, 0.25) is 0 Å². The Morgan fingerprint density at radius 3 is 2.23 bits per heavy atom. The Bertz CT molecular complexity index is 216. The molecule has 1 aliphatic rings. The third-order valence-corrected chi connectivity index (χ3v) is 3.40. The molecular formula is C11H20O2. The minimum absolute atomic E-state index is 0.00134. The van der Waals surface area contributed by atoms with Crippen LogP contribution in [0, 0.1) is 10.8 Å². The van der Waals surface area contributed by atoms with Crippen LogP contribution in [0.25, 0.3) is 0 Å². The Hall–Kier alpha value is -0.340. The molecule has 1 atom stereocenters. The van der Waals surface area contributed by atoms with E-state index in [4.69, 9.17) is 5.26 Å². The van der Waals surface area contributed by atoms with Crippen molar-refractivity contribution in [1.29, 1.82) is 0 Å². The van der Waals surface area contributed by atoms with Crippen molar-refractivity contribution in [2.24, 2.45) is 10.8 Å². The van der Waals surface area contributed by atoms with Gasteiger partial charge in [-0.1, -0.05) is 34.3 Å². The molecule has 1 N–H and O–H groups in total. The van der Waals surface area contributed by atoms with Gasteiger partial charge in [0.05, 0.1) is 0 Å². The smallest absolute Gasteiger partial charge is 0.119 e. The lowest BCUT2D eigenvalue weighted by atomic mass is 9.62. The van der Waals surface area contributed by atoms with Crippen molar-refractivity contribution in [1.82, 2.24) is 0 Å². The van der Waals surface area contributed by atoms with E-state index < -0.39 is 0 Å². The lowest BCUT2D eigenvalue weighted by Gasteiger charge is -2.45. The Labute approximate surface area is 80.5 Å². The Balaban J connectivity index is 2.92. The fourth-order valence-corrected chi connectivity index (χ4v) is 1.96. The molecule has 0 amide bonds. The first-order valence-corrected chi connectivity index (χ1v) is 4.81. The van der Waals surface area contributed by atoms with E-state index in [1.807, 2.05) is 0 Å². The standard InChI is InChI=1S/C11H20O2/c1-8-9(13-12)11(4,5)7-6-10(8,2)3/h9,12H,1,6-7H2,2-5H3. The first-order valence-electron chi connectivity index (χ1n) is 4.81. The van der Waals surface area contributed by atoms with Crippen molar-refractivity contribution >= 4 is 0 Å². The molecular weight excluding hydrogens is 164 g/mol. The quantitative estimate of drug-likeness (QED) is 0.385. The van der Waals surface area contributed by atoms with Gasteiger partial charge in [0, 0.05) is 0 Å². The number of rotatable bonds is 1. The lowest BCUT2D eigenvalue weighted by molar-refractivity contribution is -0.297. The van der Waals surface area contributed by atoms with E-state index in [2.05, 4.69) is 39.2 Å². The molecule has 0 radical (unpaired) electrons. The van der Waals surface area contributed by atoms with Gasteiger partial charge in [0.25, 0.3) is 0 Å². The highest BCUT2D eigenvalue weighted by molar-refractivity contribution is 5.19. The first kappa shape index (κ1) is 10.7. The van der Waals surface area contributed by atoms with Gasteiger partial charge in [0.1, 0.15) is 6.10 Å². The van der Waals surface area contributed by atoms with Gasteiger partial charge in [-0.25, -0.2) is 4.89 Å². The molecule has 0 spiro atoms. The Morgan fingerprint density at radius 1 is 1.31 bits per heavy atom. The summed E-state index contributed by atoms with van der Waals surface area (Å²) in [5, 5.41) is 8.87. The van der Waals surface area contributed by atoms with Crippen molar-refractivity contribution in [3.05, 3.63) is 12.2 Å². The second-order valence-electron chi connectivity index (χ2n) is 5.38. The van der Waals surface area contributed by atoms with E-state index in [1.165, 1.54) is 0 Å². The molecule has 2 nitrogen and oxygen atoms in total. The van der Waals surface area contributed by atoms with Gasteiger partial charge >= 0.3 is 0 Å². The molecule has 1 fully saturated rings. The molecule has 76 valence electrons. The predicted molar refractivity (Wildman–Crippen MR) is 53.4 cm³/mol. The molecule has 13 heavy (non-hydrogen) atoms. The van der Waals surface area contributed by atoms with Crippen molar-refractivity contribution in [2.45, 2.75) is 46.6 Å². The predicted octanol–water partition coefficient (Wildman–Crippen LogP) is 3.25. The molecule has 0 aromatic carbocycles. The fraction of sp³-hybridized carbons (Fsp3) is 0.818. The Morgan fingerprint density at radius 2 is 1.85 bits per heavy atom. The molecule has 1 saturated carbocycles. The molecule has 0 aliphatic heterocycles. The summed E-state index contributed by atoms with van der Waals surface area (Å²) in [6.07, 6.45) is 1.94. The van der Waals surface area contributed by atoms with Crippen molar-refractivity contribution in [3.63, 3.8) is 0 Å². The molecule has 0 heterocycles. The van der Waals surface area contributed by atoms with Crippen LogP contribution in [0.4, 0.5) is 0 Å². The van der Waals surface area contributed by atoms with Gasteiger partial charge in [0.2, 0.25) is 0 Å². The van der Waals surface area contributed by atoms with Gasteiger partial charge in [0.15, 0.2) is 0 Å². The Kier molecular flexibility index (Phi) is 2.56.